The third kappa shape index (κ3) is 2.52. The van der Waals surface area contributed by atoms with Gasteiger partial charge in [-0.25, -0.2) is 4.98 Å². The monoisotopic (exact) mass is 316 g/mol. The van der Waals surface area contributed by atoms with Crippen LogP contribution in [-0.2, 0) is 6.54 Å². The van der Waals surface area contributed by atoms with Crippen LogP contribution in [0.3, 0.4) is 0 Å². The Morgan fingerprint density at radius 1 is 1.00 bits per heavy atom. The molecule has 0 unspecified atom stereocenters. The zero-order valence-corrected chi connectivity index (χ0v) is 14.2. The summed E-state index contributed by atoms with van der Waals surface area (Å²) >= 11 is 0. The van der Waals surface area contributed by atoms with E-state index in [0.29, 0.717) is 0 Å². The fourth-order valence-electron chi connectivity index (χ4n) is 3.16. The first-order chi connectivity index (χ1) is 11.6. The second-order valence-electron chi connectivity index (χ2n) is 6.35. The number of furan rings is 1. The minimum absolute atomic E-state index is 0.830. The maximum atomic E-state index is 5.68. The van der Waals surface area contributed by atoms with Crippen molar-refractivity contribution in [2.24, 2.45) is 0 Å². The molecule has 0 aliphatic heterocycles. The molecule has 0 fully saturated rings. The zero-order chi connectivity index (χ0) is 16.7. The van der Waals surface area contributed by atoms with Gasteiger partial charge in [-0.15, -0.1) is 0 Å². The molecule has 0 spiro atoms. The zero-order valence-electron chi connectivity index (χ0n) is 14.2. The summed E-state index contributed by atoms with van der Waals surface area (Å²) in [7, 11) is 0. The third-order valence-corrected chi connectivity index (χ3v) is 4.54. The van der Waals surface area contributed by atoms with Crippen molar-refractivity contribution in [3.8, 4) is 11.4 Å². The maximum Gasteiger partial charge on any atom is 0.140 e. The van der Waals surface area contributed by atoms with Crippen LogP contribution in [0.2, 0.25) is 0 Å². The standard InChI is InChI=1S/C21H20N2O/c1-14-6-4-5-7-18(14)13-23-15(2)12-22-21(23)17-8-9-20-19(11-17)10-16(3)24-20/h4-12H,13H2,1-3H3. The highest BCUT2D eigenvalue weighted by Gasteiger charge is 2.12. The topological polar surface area (TPSA) is 31.0 Å². The molecule has 0 saturated heterocycles. The van der Waals surface area contributed by atoms with E-state index in [-0.39, 0.29) is 0 Å². The van der Waals surface area contributed by atoms with E-state index in [1.54, 1.807) is 0 Å². The predicted molar refractivity (Wildman–Crippen MR) is 97.2 cm³/mol. The first-order valence-corrected chi connectivity index (χ1v) is 8.19. The highest BCUT2D eigenvalue weighted by Crippen LogP contribution is 2.27. The summed E-state index contributed by atoms with van der Waals surface area (Å²) in [5, 5.41) is 1.12. The molecular formula is C21H20N2O. The molecule has 3 heteroatoms. The Hall–Kier alpha value is -2.81. The average Bonchev–Trinajstić information content (AvgIpc) is 3.11. The average molecular weight is 316 g/mol. The van der Waals surface area contributed by atoms with Crippen molar-refractivity contribution in [1.82, 2.24) is 9.55 Å². The number of rotatable bonds is 3. The van der Waals surface area contributed by atoms with E-state index in [4.69, 9.17) is 4.42 Å². The van der Waals surface area contributed by atoms with E-state index in [2.05, 4.69) is 65.9 Å². The van der Waals surface area contributed by atoms with Gasteiger partial charge in [-0.05, 0) is 56.2 Å². The molecule has 120 valence electrons. The van der Waals surface area contributed by atoms with Crippen molar-refractivity contribution in [3.05, 3.63) is 77.3 Å². The van der Waals surface area contributed by atoms with Crippen LogP contribution in [0.25, 0.3) is 22.4 Å². The first kappa shape index (κ1) is 14.8. The summed E-state index contributed by atoms with van der Waals surface area (Å²) in [5.41, 5.74) is 5.82. The van der Waals surface area contributed by atoms with E-state index in [0.717, 1.165) is 40.4 Å². The number of hydrogen-bond acceptors (Lipinski definition) is 2. The molecule has 2 aromatic carbocycles. The molecule has 2 aromatic heterocycles. The number of hydrogen-bond donors (Lipinski definition) is 0. The summed E-state index contributed by atoms with van der Waals surface area (Å²) in [6.45, 7) is 7.07. The van der Waals surface area contributed by atoms with Crippen molar-refractivity contribution in [3.63, 3.8) is 0 Å². The minimum atomic E-state index is 0.830. The molecule has 2 heterocycles. The van der Waals surface area contributed by atoms with Crippen LogP contribution in [0.5, 0.6) is 0 Å². The minimum Gasteiger partial charge on any atom is -0.461 e. The number of benzene rings is 2. The van der Waals surface area contributed by atoms with Gasteiger partial charge < -0.3 is 8.98 Å². The van der Waals surface area contributed by atoms with Crippen molar-refractivity contribution in [2.45, 2.75) is 27.3 Å². The molecule has 0 N–H and O–H groups in total. The predicted octanol–water partition coefficient (Wildman–Crippen LogP) is 5.27. The van der Waals surface area contributed by atoms with E-state index in [1.807, 2.05) is 19.2 Å². The third-order valence-electron chi connectivity index (χ3n) is 4.54. The molecule has 0 radical (unpaired) electrons. The normalized spacial score (nSPS) is 11.3. The Kier molecular flexibility index (Phi) is 3.49. The summed E-state index contributed by atoms with van der Waals surface area (Å²) in [5.74, 6) is 1.93. The van der Waals surface area contributed by atoms with Gasteiger partial charge in [0, 0.05) is 29.4 Å². The van der Waals surface area contributed by atoms with Crippen molar-refractivity contribution in [2.75, 3.05) is 0 Å². The van der Waals surface area contributed by atoms with Crippen molar-refractivity contribution >= 4 is 11.0 Å². The van der Waals surface area contributed by atoms with Gasteiger partial charge in [0.2, 0.25) is 0 Å². The fraction of sp³-hybridized carbons (Fsp3) is 0.190. The Morgan fingerprint density at radius 2 is 1.83 bits per heavy atom. The molecule has 24 heavy (non-hydrogen) atoms. The summed E-state index contributed by atoms with van der Waals surface area (Å²) < 4.78 is 7.95. The Labute approximate surface area is 141 Å². The molecule has 3 nitrogen and oxygen atoms in total. The number of aromatic nitrogens is 2. The van der Waals surface area contributed by atoms with Crippen molar-refractivity contribution < 1.29 is 4.42 Å². The lowest BCUT2D eigenvalue weighted by atomic mass is 10.1. The Balaban J connectivity index is 1.79. The van der Waals surface area contributed by atoms with Gasteiger partial charge in [-0.2, -0.15) is 0 Å². The van der Waals surface area contributed by atoms with Gasteiger partial charge in [-0.3, -0.25) is 0 Å². The van der Waals surface area contributed by atoms with E-state index in [9.17, 15) is 0 Å². The molecule has 0 saturated carbocycles. The van der Waals surface area contributed by atoms with E-state index >= 15 is 0 Å². The first-order valence-electron chi connectivity index (χ1n) is 8.19. The number of nitrogens with zero attached hydrogens (tertiary/aromatic N) is 2. The molecule has 4 rings (SSSR count). The van der Waals surface area contributed by atoms with Crippen LogP contribution in [0.4, 0.5) is 0 Å². The summed E-state index contributed by atoms with van der Waals surface area (Å²) in [6.07, 6.45) is 1.94. The molecule has 4 aromatic rings. The van der Waals surface area contributed by atoms with Gasteiger partial charge in [0.25, 0.3) is 0 Å². The fourth-order valence-corrected chi connectivity index (χ4v) is 3.16. The van der Waals surface area contributed by atoms with Crippen LogP contribution in [0.15, 0.2) is 59.1 Å². The van der Waals surface area contributed by atoms with Gasteiger partial charge in [0.15, 0.2) is 0 Å². The summed E-state index contributed by atoms with van der Waals surface area (Å²) in [4.78, 5) is 4.66. The van der Waals surface area contributed by atoms with E-state index < -0.39 is 0 Å². The highest BCUT2D eigenvalue weighted by molar-refractivity contribution is 5.83. The molecular weight excluding hydrogens is 296 g/mol. The van der Waals surface area contributed by atoms with Gasteiger partial charge >= 0.3 is 0 Å². The number of fused-ring (bicyclic) bond motifs is 1. The Bertz CT molecular complexity index is 1020. The van der Waals surface area contributed by atoms with Crippen LogP contribution in [0, 0.1) is 20.8 Å². The molecule has 0 amide bonds. The maximum absolute atomic E-state index is 5.68. The Morgan fingerprint density at radius 3 is 2.67 bits per heavy atom. The van der Waals surface area contributed by atoms with Gasteiger partial charge in [0.1, 0.15) is 17.2 Å². The van der Waals surface area contributed by atoms with Gasteiger partial charge in [0.05, 0.1) is 0 Å². The second-order valence-corrected chi connectivity index (χ2v) is 6.35. The SMILES string of the molecule is Cc1cc2cc(-c3ncc(C)n3Cc3ccccc3C)ccc2o1. The van der Waals surface area contributed by atoms with Crippen LogP contribution < -0.4 is 0 Å². The van der Waals surface area contributed by atoms with Crippen LogP contribution in [-0.4, -0.2) is 9.55 Å². The lowest BCUT2D eigenvalue weighted by Gasteiger charge is -2.12. The summed E-state index contributed by atoms with van der Waals surface area (Å²) in [6, 6.07) is 16.8. The van der Waals surface area contributed by atoms with Gasteiger partial charge in [-0.1, -0.05) is 24.3 Å². The van der Waals surface area contributed by atoms with E-state index in [1.165, 1.54) is 11.1 Å². The molecule has 0 aliphatic rings. The quantitative estimate of drug-likeness (QED) is 0.515. The molecule has 0 bridgehead atoms. The second kappa shape index (κ2) is 5.68. The van der Waals surface area contributed by atoms with Crippen molar-refractivity contribution in [1.29, 1.82) is 0 Å². The molecule has 0 atom stereocenters. The lowest BCUT2D eigenvalue weighted by Crippen LogP contribution is -2.05. The smallest absolute Gasteiger partial charge is 0.140 e. The molecule has 0 aliphatic carbocycles. The van der Waals surface area contributed by atoms with Crippen LogP contribution in [0.1, 0.15) is 22.6 Å². The number of aryl methyl sites for hydroxylation is 3. The highest BCUT2D eigenvalue weighted by atomic mass is 16.3. The largest absolute Gasteiger partial charge is 0.461 e. The van der Waals surface area contributed by atoms with Crippen LogP contribution >= 0.6 is 0 Å². The number of imidazole rings is 1. The lowest BCUT2D eigenvalue weighted by molar-refractivity contribution is 0.578.